The van der Waals surface area contributed by atoms with E-state index in [-0.39, 0.29) is 12.1 Å². The summed E-state index contributed by atoms with van der Waals surface area (Å²) < 4.78 is 0. The predicted molar refractivity (Wildman–Crippen MR) is 84.2 cm³/mol. The molecule has 110 valence electrons. The van der Waals surface area contributed by atoms with Gasteiger partial charge in [0, 0.05) is 10.9 Å². The zero-order valence-corrected chi connectivity index (χ0v) is 12.7. The number of hydrogen-bond acceptors (Lipinski definition) is 3. The van der Waals surface area contributed by atoms with Crippen molar-refractivity contribution in [1.29, 1.82) is 0 Å². The molecule has 1 aromatic carbocycles. The van der Waals surface area contributed by atoms with Crippen LogP contribution in [0.4, 0.5) is 10.5 Å². The molecule has 0 aliphatic heterocycles. The highest BCUT2D eigenvalue weighted by atomic mass is 32.2. The number of carbonyl (C=O) groups is 1. The first-order valence-corrected chi connectivity index (χ1v) is 8.27. The van der Waals surface area contributed by atoms with E-state index in [9.17, 15) is 9.90 Å². The fourth-order valence-corrected chi connectivity index (χ4v) is 2.87. The van der Waals surface area contributed by atoms with Crippen molar-refractivity contribution >= 4 is 23.5 Å². The number of hydrogen-bond donors (Lipinski definition) is 3. The molecule has 3 N–H and O–H groups in total. The molecule has 0 bridgehead atoms. The second kappa shape index (κ2) is 6.99. The molecule has 1 aromatic rings. The maximum Gasteiger partial charge on any atom is 0.319 e. The lowest BCUT2D eigenvalue weighted by molar-refractivity contribution is 0.151. The summed E-state index contributed by atoms with van der Waals surface area (Å²) in [5.74, 6) is 0. The summed E-state index contributed by atoms with van der Waals surface area (Å²) in [6, 6.07) is 7.51. The Morgan fingerprint density at radius 2 is 2.25 bits per heavy atom. The summed E-state index contributed by atoms with van der Waals surface area (Å²) >= 11 is 1.77. The van der Waals surface area contributed by atoms with Crippen LogP contribution in [-0.2, 0) is 0 Å². The van der Waals surface area contributed by atoms with Gasteiger partial charge in [-0.3, -0.25) is 0 Å². The molecule has 2 rings (SSSR count). The summed E-state index contributed by atoms with van der Waals surface area (Å²) in [6.45, 7) is 2.14. The number of benzene rings is 1. The molecule has 1 aliphatic carbocycles. The van der Waals surface area contributed by atoms with Crippen molar-refractivity contribution in [2.24, 2.45) is 0 Å². The molecule has 0 spiro atoms. The number of aliphatic hydroxyl groups is 1. The van der Waals surface area contributed by atoms with Gasteiger partial charge in [-0.1, -0.05) is 12.1 Å². The number of aliphatic hydroxyl groups excluding tert-OH is 1. The minimum Gasteiger partial charge on any atom is -0.391 e. The van der Waals surface area contributed by atoms with Gasteiger partial charge in [0.25, 0.3) is 0 Å². The highest BCUT2D eigenvalue weighted by Gasteiger charge is 2.26. The number of carbonyl (C=O) groups excluding carboxylic acids is 1. The molecule has 3 atom stereocenters. The second-order valence-corrected chi connectivity index (χ2v) is 6.39. The molecule has 4 nitrogen and oxygen atoms in total. The monoisotopic (exact) mass is 294 g/mol. The molecule has 1 fully saturated rings. The molecular formula is C15H22N2O2S. The van der Waals surface area contributed by atoms with Crippen LogP contribution in [0.2, 0.25) is 0 Å². The van der Waals surface area contributed by atoms with Crippen molar-refractivity contribution in [3.63, 3.8) is 0 Å². The molecule has 1 saturated carbocycles. The lowest BCUT2D eigenvalue weighted by Crippen LogP contribution is -2.42. The van der Waals surface area contributed by atoms with Crippen molar-refractivity contribution < 1.29 is 9.90 Å². The van der Waals surface area contributed by atoms with Gasteiger partial charge in [-0.2, -0.15) is 11.8 Å². The van der Waals surface area contributed by atoms with E-state index in [4.69, 9.17) is 0 Å². The number of nitrogens with one attached hydrogen (secondary N) is 2. The van der Waals surface area contributed by atoms with Crippen LogP contribution in [0.1, 0.15) is 37.0 Å². The first kappa shape index (κ1) is 15.2. The van der Waals surface area contributed by atoms with Crippen LogP contribution in [0.3, 0.4) is 0 Å². The SMILES string of the molecule is CS[C@H](C)c1cccc(NC(=O)N[C@H]2CCC[C@H]2O)c1. The van der Waals surface area contributed by atoms with Gasteiger partial charge in [-0.05, 0) is 50.1 Å². The van der Waals surface area contributed by atoms with E-state index in [0.717, 1.165) is 24.9 Å². The number of amides is 2. The van der Waals surface area contributed by atoms with Gasteiger partial charge in [-0.25, -0.2) is 4.79 Å². The summed E-state index contributed by atoms with van der Waals surface area (Å²) in [7, 11) is 0. The van der Waals surface area contributed by atoms with E-state index in [1.807, 2.05) is 18.2 Å². The molecule has 5 heteroatoms. The van der Waals surface area contributed by atoms with Crippen LogP contribution >= 0.6 is 11.8 Å². The van der Waals surface area contributed by atoms with Crippen LogP contribution in [0, 0.1) is 0 Å². The molecular weight excluding hydrogens is 272 g/mol. The Bertz CT molecular complexity index is 467. The third-order valence-electron chi connectivity index (χ3n) is 3.76. The minimum atomic E-state index is -0.413. The summed E-state index contributed by atoms with van der Waals surface area (Å²) in [5, 5.41) is 15.8. The second-order valence-electron chi connectivity index (χ2n) is 5.21. The third kappa shape index (κ3) is 3.90. The molecule has 0 unspecified atom stereocenters. The van der Waals surface area contributed by atoms with Crippen LogP contribution in [0.25, 0.3) is 0 Å². The average molecular weight is 294 g/mol. The first-order chi connectivity index (χ1) is 9.60. The van der Waals surface area contributed by atoms with Crippen molar-refractivity contribution in [3.8, 4) is 0 Å². The van der Waals surface area contributed by atoms with Crippen molar-refractivity contribution in [1.82, 2.24) is 5.32 Å². The van der Waals surface area contributed by atoms with Gasteiger partial charge in [0.15, 0.2) is 0 Å². The van der Waals surface area contributed by atoms with E-state index in [1.54, 1.807) is 11.8 Å². The summed E-state index contributed by atoms with van der Waals surface area (Å²) in [6.07, 6.45) is 4.24. The Balaban J connectivity index is 1.93. The van der Waals surface area contributed by atoms with E-state index in [0.29, 0.717) is 5.25 Å². The van der Waals surface area contributed by atoms with Crippen molar-refractivity contribution in [2.75, 3.05) is 11.6 Å². The number of thioether (sulfide) groups is 1. The lowest BCUT2D eigenvalue weighted by Gasteiger charge is -2.17. The molecule has 0 aromatic heterocycles. The van der Waals surface area contributed by atoms with Crippen LogP contribution in [-0.4, -0.2) is 29.5 Å². The van der Waals surface area contributed by atoms with E-state index >= 15 is 0 Å². The maximum atomic E-state index is 11.9. The first-order valence-electron chi connectivity index (χ1n) is 6.98. The summed E-state index contributed by atoms with van der Waals surface area (Å²) in [4.78, 5) is 11.9. The standard InChI is InChI=1S/C15H22N2O2S/c1-10(20-2)11-5-3-6-12(9-11)16-15(19)17-13-7-4-8-14(13)18/h3,5-6,9-10,13-14,18H,4,7-8H2,1-2H3,(H2,16,17,19)/t10-,13+,14-/m1/s1. The number of urea groups is 1. The van der Waals surface area contributed by atoms with E-state index < -0.39 is 6.10 Å². The van der Waals surface area contributed by atoms with E-state index in [1.165, 1.54) is 5.56 Å². The van der Waals surface area contributed by atoms with Gasteiger partial charge in [0.1, 0.15) is 0 Å². The van der Waals surface area contributed by atoms with Crippen LogP contribution < -0.4 is 10.6 Å². The van der Waals surface area contributed by atoms with Gasteiger partial charge in [0.05, 0.1) is 12.1 Å². The third-order valence-corrected chi connectivity index (χ3v) is 4.74. The fourth-order valence-electron chi connectivity index (χ4n) is 2.45. The van der Waals surface area contributed by atoms with Crippen LogP contribution in [0.5, 0.6) is 0 Å². The van der Waals surface area contributed by atoms with Gasteiger partial charge in [-0.15, -0.1) is 0 Å². The van der Waals surface area contributed by atoms with Gasteiger partial charge >= 0.3 is 6.03 Å². The van der Waals surface area contributed by atoms with Crippen molar-refractivity contribution in [2.45, 2.75) is 43.6 Å². The van der Waals surface area contributed by atoms with Crippen molar-refractivity contribution in [3.05, 3.63) is 29.8 Å². The molecule has 1 aliphatic rings. The zero-order chi connectivity index (χ0) is 14.5. The predicted octanol–water partition coefficient (Wildman–Crippen LogP) is 3.15. The largest absolute Gasteiger partial charge is 0.391 e. The highest BCUT2D eigenvalue weighted by Crippen LogP contribution is 2.27. The molecule has 0 saturated heterocycles. The Morgan fingerprint density at radius 1 is 1.45 bits per heavy atom. The Labute approximate surface area is 124 Å². The smallest absolute Gasteiger partial charge is 0.319 e. The highest BCUT2D eigenvalue weighted by molar-refractivity contribution is 7.98. The number of rotatable bonds is 4. The van der Waals surface area contributed by atoms with Gasteiger partial charge < -0.3 is 15.7 Å². The fraction of sp³-hybridized carbons (Fsp3) is 0.533. The molecule has 2 amide bonds. The normalized spacial score (nSPS) is 23.4. The quantitative estimate of drug-likeness (QED) is 0.799. The minimum absolute atomic E-state index is 0.122. The Hall–Kier alpha value is -1.20. The van der Waals surface area contributed by atoms with Gasteiger partial charge in [0.2, 0.25) is 0 Å². The Morgan fingerprint density at radius 3 is 2.90 bits per heavy atom. The number of anilines is 1. The summed E-state index contributed by atoms with van der Waals surface area (Å²) in [5.41, 5.74) is 1.98. The molecule has 0 radical (unpaired) electrons. The van der Waals surface area contributed by atoms with E-state index in [2.05, 4.69) is 29.9 Å². The molecule has 20 heavy (non-hydrogen) atoms. The molecule has 0 heterocycles. The zero-order valence-electron chi connectivity index (χ0n) is 11.9. The maximum absolute atomic E-state index is 11.9. The average Bonchev–Trinajstić information content (AvgIpc) is 2.83. The lowest BCUT2D eigenvalue weighted by atomic mass is 10.1. The topological polar surface area (TPSA) is 61.4 Å². The van der Waals surface area contributed by atoms with Crippen LogP contribution in [0.15, 0.2) is 24.3 Å². The Kier molecular flexibility index (Phi) is 5.31.